The van der Waals surface area contributed by atoms with Crippen molar-refractivity contribution < 1.29 is 27.5 Å². The number of rotatable bonds is 3. The van der Waals surface area contributed by atoms with Gasteiger partial charge >= 0.3 is 12.3 Å². The van der Waals surface area contributed by atoms with E-state index in [0.29, 0.717) is 11.2 Å². The molecule has 0 spiro atoms. The summed E-state index contributed by atoms with van der Waals surface area (Å²) < 4.78 is 43.2. The Morgan fingerprint density at radius 3 is 2.65 bits per heavy atom. The van der Waals surface area contributed by atoms with Gasteiger partial charge in [-0.05, 0) is 39.0 Å². The number of carbonyl (C=O) groups excluding carboxylic acids is 2. The normalized spacial score (nSPS) is 25.0. The quantitative estimate of drug-likeness (QED) is 0.883. The molecule has 1 aliphatic carbocycles. The highest BCUT2D eigenvalue weighted by Gasteiger charge is 2.57. The molecule has 2 aliphatic rings. The fraction of sp³-hybridized carbons (Fsp3) is 0.688. The van der Waals surface area contributed by atoms with E-state index >= 15 is 0 Å². The second kappa shape index (κ2) is 6.17. The lowest BCUT2D eigenvalue weighted by molar-refractivity contribution is -0.142. The van der Waals surface area contributed by atoms with Crippen LogP contribution in [-0.2, 0) is 16.1 Å². The molecular weight excluding hydrogens is 353 g/mol. The summed E-state index contributed by atoms with van der Waals surface area (Å²) in [6.07, 6.45) is -2.97. The predicted octanol–water partition coefficient (Wildman–Crippen LogP) is 2.64. The van der Waals surface area contributed by atoms with Crippen molar-refractivity contribution in [1.29, 1.82) is 0 Å². The third kappa shape index (κ3) is 4.28. The van der Waals surface area contributed by atoms with E-state index in [2.05, 4.69) is 10.4 Å². The highest BCUT2D eigenvalue weighted by atomic mass is 19.4. The van der Waals surface area contributed by atoms with E-state index in [4.69, 9.17) is 4.74 Å². The van der Waals surface area contributed by atoms with Crippen molar-refractivity contribution in [1.82, 2.24) is 14.7 Å². The Hall–Kier alpha value is -2.26. The van der Waals surface area contributed by atoms with E-state index in [0.717, 1.165) is 12.6 Å². The van der Waals surface area contributed by atoms with Crippen LogP contribution in [0.3, 0.4) is 0 Å². The number of amides is 2. The highest BCUT2D eigenvalue weighted by Crippen LogP contribution is 2.50. The Balaban J connectivity index is 1.65. The number of anilines is 1. The Labute approximate surface area is 148 Å². The maximum absolute atomic E-state index is 12.6. The first-order valence-corrected chi connectivity index (χ1v) is 8.34. The van der Waals surface area contributed by atoms with Crippen LogP contribution in [-0.4, -0.2) is 51.0 Å². The first-order valence-electron chi connectivity index (χ1n) is 8.34. The van der Waals surface area contributed by atoms with Gasteiger partial charge < -0.3 is 10.1 Å². The van der Waals surface area contributed by atoms with Gasteiger partial charge in [0.05, 0.1) is 0 Å². The van der Waals surface area contributed by atoms with Gasteiger partial charge in [-0.2, -0.15) is 18.3 Å². The molecule has 3 atom stereocenters. The molecule has 3 rings (SSSR count). The summed E-state index contributed by atoms with van der Waals surface area (Å²) in [5.41, 5.74) is -0.679. The van der Waals surface area contributed by atoms with Gasteiger partial charge in [-0.25, -0.2) is 4.79 Å². The first kappa shape index (κ1) is 18.5. The molecule has 0 aromatic carbocycles. The number of aromatic nitrogens is 2. The molecule has 1 saturated heterocycles. The standard InChI is InChI=1S/C16H21F3N4O3/c1-15(2,3)26-14(25)23-7-9-6-10(9)12(23)13(24)20-11-4-5-22(21-11)8-16(17,18)19/h4-5,9-10,12H,6-8H2,1-3H3,(H,20,21,24)/t9-,10-,12+/m1/s1. The zero-order valence-electron chi connectivity index (χ0n) is 14.7. The number of nitrogens with zero attached hydrogens (tertiary/aromatic N) is 3. The van der Waals surface area contributed by atoms with Crippen molar-refractivity contribution in [3.05, 3.63) is 12.3 Å². The number of alkyl halides is 3. The zero-order chi connectivity index (χ0) is 19.3. The third-order valence-electron chi connectivity index (χ3n) is 4.28. The monoisotopic (exact) mass is 374 g/mol. The van der Waals surface area contributed by atoms with Crippen LogP contribution in [0.4, 0.5) is 23.8 Å². The van der Waals surface area contributed by atoms with Gasteiger partial charge in [-0.3, -0.25) is 14.4 Å². The maximum atomic E-state index is 12.6. The van der Waals surface area contributed by atoms with Gasteiger partial charge in [0.1, 0.15) is 18.2 Å². The van der Waals surface area contributed by atoms with Crippen molar-refractivity contribution in [2.24, 2.45) is 11.8 Å². The average molecular weight is 374 g/mol. The van der Waals surface area contributed by atoms with Crippen LogP contribution in [0.5, 0.6) is 0 Å². The van der Waals surface area contributed by atoms with Gasteiger partial charge in [-0.1, -0.05) is 0 Å². The van der Waals surface area contributed by atoms with Crippen LogP contribution in [0.2, 0.25) is 0 Å². The van der Waals surface area contributed by atoms with Crippen LogP contribution >= 0.6 is 0 Å². The minimum absolute atomic E-state index is 0.0208. The van der Waals surface area contributed by atoms with Gasteiger partial charge in [-0.15, -0.1) is 0 Å². The fourth-order valence-corrected chi connectivity index (χ4v) is 3.21. The smallest absolute Gasteiger partial charge is 0.410 e. The second-order valence-electron chi connectivity index (χ2n) is 7.74. The fourth-order valence-electron chi connectivity index (χ4n) is 3.21. The van der Waals surface area contributed by atoms with Crippen LogP contribution in [0.1, 0.15) is 27.2 Å². The maximum Gasteiger partial charge on any atom is 0.410 e. The average Bonchev–Trinajstić information content (AvgIpc) is 2.90. The molecule has 10 heteroatoms. The summed E-state index contributed by atoms with van der Waals surface area (Å²) in [5.74, 6) is -0.119. The topological polar surface area (TPSA) is 76.5 Å². The molecule has 1 saturated carbocycles. The largest absolute Gasteiger partial charge is 0.444 e. The number of ether oxygens (including phenoxy) is 1. The number of piperidine rings is 1. The predicted molar refractivity (Wildman–Crippen MR) is 85.2 cm³/mol. The number of hydrogen-bond donors (Lipinski definition) is 1. The van der Waals surface area contributed by atoms with Crippen molar-refractivity contribution in [2.75, 3.05) is 11.9 Å². The SMILES string of the molecule is CC(C)(C)OC(=O)N1C[C@H]2C[C@H]2[C@H]1C(=O)Nc1ccn(CC(F)(F)F)n1. The number of carbonyl (C=O) groups is 2. The van der Waals surface area contributed by atoms with E-state index < -0.39 is 36.4 Å². The Morgan fingerprint density at radius 2 is 2.04 bits per heavy atom. The molecule has 1 aromatic rings. The lowest BCUT2D eigenvalue weighted by atomic mass is 10.1. The molecule has 1 aliphatic heterocycles. The Bertz CT molecular complexity index is 710. The van der Waals surface area contributed by atoms with Gasteiger partial charge in [0.25, 0.3) is 0 Å². The zero-order valence-corrected chi connectivity index (χ0v) is 14.7. The third-order valence-corrected chi connectivity index (χ3v) is 4.28. The first-order chi connectivity index (χ1) is 11.9. The van der Waals surface area contributed by atoms with E-state index in [9.17, 15) is 22.8 Å². The van der Waals surface area contributed by atoms with Crippen LogP contribution in [0.25, 0.3) is 0 Å². The summed E-state index contributed by atoms with van der Waals surface area (Å²) in [6.45, 7) is 4.43. The van der Waals surface area contributed by atoms with E-state index in [1.165, 1.54) is 11.0 Å². The minimum atomic E-state index is -4.40. The molecule has 26 heavy (non-hydrogen) atoms. The molecule has 0 radical (unpaired) electrons. The Morgan fingerprint density at radius 1 is 1.35 bits per heavy atom. The molecule has 1 N–H and O–H groups in total. The number of nitrogens with one attached hydrogen (secondary N) is 1. The molecule has 2 amide bonds. The van der Waals surface area contributed by atoms with Gasteiger partial charge in [0.15, 0.2) is 5.82 Å². The van der Waals surface area contributed by atoms with E-state index in [1.54, 1.807) is 20.8 Å². The Kier molecular flexibility index (Phi) is 4.40. The lowest BCUT2D eigenvalue weighted by Crippen LogP contribution is -2.47. The molecule has 2 heterocycles. The lowest BCUT2D eigenvalue weighted by Gasteiger charge is -2.29. The molecule has 144 valence electrons. The van der Waals surface area contributed by atoms with Crippen molar-refractivity contribution in [3.63, 3.8) is 0 Å². The van der Waals surface area contributed by atoms with E-state index in [1.807, 2.05) is 0 Å². The van der Waals surface area contributed by atoms with Crippen LogP contribution in [0.15, 0.2) is 12.3 Å². The summed E-state index contributed by atoms with van der Waals surface area (Å²) in [6, 6.07) is 0.600. The molecule has 1 aromatic heterocycles. The minimum Gasteiger partial charge on any atom is -0.444 e. The van der Waals surface area contributed by atoms with Crippen LogP contribution < -0.4 is 5.32 Å². The molecule has 7 nitrogen and oxygen atoms in total. The molecule has 0 bridgehead atoms. The summed E-state index contributed by atoms with van der Waals surface area (Å²) in [5, 5.41) is 6.21. The second-order valence-corrected chi connectivity index (χ2v) is 7.74. The summed E-state index contributed by atoms with van der Waals surface area (Å²) >= 11 is 0. The molecular formula is C16H21F3N4O3. The van der Waals surface area contributed by atoms with Gasteiger partial charge in [0.2, 0.25) is 5.91 Å². The van der Waals surface area contributed by atoms with Crippen molar-refractivity contribution >= 4 is 17.8 Å². The highest BCUT2D eigenvalue weighted by molar-refractivity contribution is 5.97. The van der Waals surface area contributed by atoms with Gasteiger partial charge in [0, 0.05) is 18.8 Å². The number of hydrogen-bond acceptors (Lipinski definition) is 4. The number of likely N-dealkylation sites (tertiary alicyclic amines) is 1. The molecule has 2 fully saturated rings. The van der Waals surface area contributed by atoms with Crippen molar-refractivity contribution in [3.8, 4) is 0 Å². The molecule has 0 unspecified atom stereocenters. The summed E-state index contributed by atoms with van der Waals surface area (Å²) in [4.78, 5) is 26.3. The number of fused-ring (bicyclic) bond motifs is 1. The van der Waals surface area contributed by atoms with Crippen molar-refractivity contribution in [2.45, 2.75) is 51.6 Å². The van der Waals surface area contributed by atoms with E-state index in [-0.39, 0.29) is 17.7 Å². The van der Waals surface area contributed by atoms with Crippen LogP contribution in [0, 0.1) is 11.8 Å². The number of halogens is 3. The summed E-state index contributed by atoms with van der Waals surface area (Å²) in [7, 11) is 0.